The molecule has 0 aliphatic carbocycles. The van der Waals surface area contributed by atoms with Gasteiger partial charge in [0.15, 0.2) is 0 Å². The minimum absolute atomic E-state index is 0.238. The Balaban J connectivity index is 2.05. The number of rotatable bonds is 5. The van der Waals surface area contributed by atoms with Crippen LogP contribution in [0.5, 0.6) is 0 Å². The average Bonchev–Trinajstić information content (AvgIpc) is 2.45. The molecule has 0 heterocycles. The van der Waals surface area contributed by atoms with Crippen molar-refractivity contribution < 1.29 is 8.42 Å². The Bertz CT molecular complexity index is 744. The molecule has 2 aromatic carbocycles. The fourth-order valence-electron chi connectivity index (χ4n) is 1.63. The Morgan fingerprint density at radius 1 is 1.05 bits per heavy atom. The van der Waals surface area contributed by atoms with Crippen LogP contribution in [-0.4, -0.2) is 8.42 Å². The molecule has 2 aromatic rings. The van der Waals surface area contributed by atoms with Gasteiger partial charge in [0.2, 0.25) is 10.0 Å². The van der Waals surface area contributed by atoms with Crippen molar-refractivity contribution in [2.75, 3.05) is 0 Å². The van der Waals surface area contributed by atoms with Crippen molar-refractivity contribution in [1.82, 2.24) is 4.72 Å². The van der Waals surface area contributed by atoms with Gasteiger partial charge in [-0.05, 0) is 29.3 Å². The van der Waals surface area contributed by atoms with Gasteiger partial charge in [0.25, 0.3) is 0 Å². The van der Waals surface area contributed by atoms with Crippen LogP contribution in [0.3, 0.4) is 0 Å². The summed E-state index contributed by atoms with van der Waals surface area (Å²) in [5.41, 5.74) is 1.48. The van der Waals surface area contributed by atoms with Crippen molar-refractivity contribution in [1.29, 1.82) is 0 Å². The maximum Gasteiger partial charge on any atom is 0.234 e. The Morgan fingerprint density at radius 2 is 1.76 bits per heavy atom. The minimum atomic E-state index is -3.53. The van der Waals surface area contributed by atoms with Crippen LogP contribution in [0.2, 0.25) is 10.0 Å². The molecule has 0 saturated heterocycles. The van der Waals surface area contributed by atoms with Crippen LogP contribution in [0.25, 0.3) is 6.08 Å². The predicted molar refractivity (Wildman–Crippen MR) is 87.7 cm³/mol. The maximum absolute atomic E-state index is 11.9. The summed E-state index contributed by atoms with van der Waals surface area (Å²) in [7, 11) is -3.53. The smallest absolute Gasteiger partial charge is 0.208 e. The highest BCUT2D eigenvalue weighted by atomic mass is 35.5. The van der Waals surface area contributed by atoms with Crippen LogP contribution < -0.4 is 4.72 Å². The van der Waals surface area contributed by atoms with Gasteiger partial charge in [-0.3, -0.25) is 0 Å². The van der Waals surface area contributed by atoms with E-state index in [9.17, 15) is 8.42 Å². The van der Waals surface area contributed by atoms with Gasteiger partial charge in [-0.15, -0.1) is 0 Å². The zero-order valence-corrected chi connectivity index (χ0v) is 13.3. The molecule has 0 aliphatic heterocycles. The summed E-state index contributed by atoms with van der Waals surface area (Å²) in [5, 5.41) is 1.99. The molecule has 0 unspecified atom stereocenters. The van der Waals surface area contributed by atoms with Crippen molar-refractivity contribution >= 4 is 39.3 Å². The lowest BCUT2D eigenvalue weighted by Gasteiger charge is -2.03. The molecular formula is C15H13Cl2NO2S. The topological polar surface area (TPSA) is 46.2 Å². The standard InChI is InChI=1S/C15H13Cl2NO2S/c16-14-7-6-13(15(17)10-14)8-9-21(19,20)18-11-12-4-2-1-3-5-12/h1-10,18H,11H2. The summed E-state index contributed by atoms with van der Waals surface area (Å²) >= 11 is 11.8. The highest BCUT2D eigenvalue weighted by Gasteiger charge is 2.05. The number of nitrogens with one attached hydrogen (secondary N) is 1. The van der Waals surface area contributed by atoms with Crippen molar-refractivity contribution in [3.05, 3.63) is 75.1 Å². The Kier molecular flexibility index (Phi) is 5.42. The highest BCUT2D eigenvalue weighted by Crippen LogP contribution is 2.22. The van der Waals surface area contributed by atoms with E-state index in [-0.39, 0.29) is 6.54 Å². The normalized spacial score (nSPS) is 11.9. The van der Waals surface area contributed by atoms with Crippen LogP contribution in [-0.2, 0) is 16.6 Å². The predicted octanol–water partition coefficient (Wildman–Crippen LogP) is 4.08. The van der Waals surface area contributed by atoms with E-state index < -0.39 is 10.0 Å². The SMILES string of the molecule is O=S(=O)(C=Cc1ccc(Cl)cc1Cl)NCc1ccccc1. The highest BCUT2D eigenvalue weighted by molar-refractivity contribution is 7.92. The molecule has 0 bridgehead atoms. The summed E-state index contributed by atoms with van der Waals surface area (Å²) in [6.45, 7) is 0.238. The van der Waals surface area contributed by atoms with E-state index in [1.165, 1.54) is 6.08 Å². The Labute approximate surface area is 134 Å². The van der Waals surface area contributed by atoms with Crippen molar-refractivity contribution in [3.8, 4) is 0 Å². The van der Waals surface area contributed by atoms with Gasteiger partial charge >= 0.3 is 0 Å². The van der Waals surface area contributed by atoms with Gasteiger partial charge in [-0.2, -0.15) is 0 Å². The van der Waals surface area contributed by atoms with Gasteiger partial charge in [0.1, 0.15) is 0 Å². The first kappa shape index (κ1) is 16.0. The number of hydrogen-bond donors (Lipinski definition) is 1. The van der Waals surface area contributed by atoms with E-state index in [1.807, 2.05) is 30.3 Å². The summed E-state index contributed by atoms with van der Waals surface area (Å²) < 4.78 is 26.3. The van der Waals surface area contributed by atoms with Crippen LogP contribution in [0.1, 0.15) is 11.1 Å². The second kappa shape index (κ2) is 7.09. The molecule has 0 saturated carbocycles. The lowest BCUT2D eigenvalue weighted by atomic mass is 10.2. The van der Waals surface area contributed by atoms with E-state index in [0.717, 1.165) is 11.0 Å². The first-order valence-electron chi connectivity index (χ1n) is 6.13. The van der Waals surface area contributed by atoms with Gasteiger partial charge < -0.3 is 0 Å². The largest absolute Gasteiger partial charge is 0.234 e. The lowest BCUT2D eigenvalue weighted by Crippen LogP contribution is -2.20. The maximum atomic E-state index is 11.9. The number of halogens is 2. The van der Waals surface area contributed by atoms with E-state index in [0.29, 0.717) is 15.6 Å². The molecular weight excluding hydrogens is 329 g/mol. The second-order valence-electron chi connectivity index (χ2n) is 4.32. The quantitative estimate of drug-likeness (QED) is 0.890. The van der Waals surface area contributed by atoms with Crippen molar-refractivity contribution in [2.24, 2.45) is 0 Å². The van der Waals surface area contributed by atoms with E-state index >= 15 is 0 Å². The number of benzene rings is 2. The van der Waals surface area contributed by atoms with Crippen LogP contribution in [0.15, 0.2) is 53.9 Å². The summed E-state index contributed by atoms with van der Waals surface area (Å²) in [6, 6.07) is 14.2. The Morgan fingerprint density at radius 3 is 2.43 bits per heavy atom. The Hall–Kier alpha value is -1.33. The summed E-state index contributed by atoms with van der Waals surface area (Å²) in [5.74, 6) is 0. The summed E-state index contributed by atoms with van der Waals surface area (Å²) in [4.78, 5) is 0. The molecule has 0 fully saturated rings. The monoisotopic (exact) mass is 341 g/mol. The zero-order valence-electron chi connectivity index (χ0n) is 11.0. The zero-order chi connectivity index (χ0) is 15.3. The molecule has 1 N–H and O–H groups in total. The molecule has 21 heavy (non-hydrogen) atoms. The number of sulfonamides is 1. The average molecular weight is 342 g/mol. The molecule has 0 radical (unpaired) electrons. The first-order valence-corrected chi connectivity index (χ1v) is 8.43. The first-order chi connectivity index (χ1) is 9.96. The van der Waals surface area contributed by atoms with Crippen molar-refractivity contribution in [3.63, 3.8) is 0 Å². The second-order valence-corrected chi connectivity index (χ2v) is 6.81. The van der Waals surface area contributed by atoms with E-state index in [2.05, 4.69) is 4.72 Å². The lowest BCUT2D eigenvalue weighted by molar-refractivity contribution is 0.591. The molecule has 3 nitrogen and oxygen atoms in total. The molecule has 2 rings (SSSR count). The molecule has 110 valence electrons. The van der Waals surface area contributed by atoms with Crippen molar-refractivity contribution in [2.45, 2.75) is 6.54 Å². The van der Waals surface area contributed by atoms with E-state index in [4.69, 9.17) is 23.2 Å². The third kappa shape index (κ3) is 5.17. The van der Waals surface area contributed by atoms with Crippen LogP contribution in [0, 0.1) is 0 Å². The number of hydrogen-bond acceptors (Lipinski definition) is 2. The van der Waals surface area contributed by atoms with Gasteiger partial charge in [0.05, 0.1) is 0 Å². The van der Waals surface area contributed by atoms with Gasteiger partial charge in [0, 0.05) is 22.0 Å². The van der Waals surface area contributed by atoms with Crippen LogP contribution >= 0.6 is 23.2 Å². The fraction of sp³-hybridized carbons (Fsp3) is 0.0667. The van der Waals surface area contributed by atoms with Crippen LogP contribution in [0.4, 0.5) is 0 Å². The molecule has 6 heteroatoms. The summed E-state index contributed by atoms with van der Waals surface area (Å²) in [6.07, 6.45) is 1.44. The third-order valence-corrected chi connectivity index (χ3v) is 4.31. The van der Waals surface area contributed by atoms with E-state index in [1.54, 1.807) is 18.2 Å². The minimum Gasteiger partial charge on any atom is -0.208 e. The molecule has 0 aromatic heterocycles. The molecule has 0 amide bonds. The van der Waals surface area contributed by atoms with Gasteiger partial charge in [-0.25, -0.2) is 13.1 Å². The third-order valence-electron chi connectivity index (χ3n) is 2.71. The molecule has 0 aliphatic rings. The van der Waals surface area contributed by atoms with Gasteiger partial charge in [-0.1, -0.05) is 59.6 Å². The molecule has 0 atom stereocenters. The fourth-order valence-corrected chi connectivity index (χ4v) is 2.89. The molecule has 0 spiro atoms.